The SMILES string of the molecule is NC1CCC[C@H](N)CC1. The Balaban J connectivity index is 2.25. The zero-order chi connectivity index (χ0) is 6.69. The van der Waals surface area contributed by atoms with Gasteiger partial charge in [0.25, 0.3) is 0 Å². The molecule has 0 radical (unpaired) electrons. The Morgan fingerprint density at radius 1 is 0.778 bits per heavy atom. The fourth-order valence-corrected chi connectivity index (χ4v) is 1.36. The molecule has 1 aliphatic carbocycles. The third-order valence-electron chi connectivity index (χ3n) is 2.06. The third kappa shape index (κ3) is 2.33. The van der Waals surface area contributed by atoms with Crippen LogP contribution in [0.1, 0.15) is 32.1 Å². The minimum absolute atomic E-state index is 0.429. The number of rotatable bonds is 0. The van der Waals surface area contributed by atoms with Crippen LogP contribution in [0.3, 0.4) is 0 Å². The monoisotopic (exact) mass is 128 g/mol. The minimum Gasteiger partial charge on any atom is -0.328 e. The van der Waals surface area contributed by atoms with E-state index in [-0.39, 0.29) is 0 Å². The van der Waals surface area contributed by atoms with Crippen LogP contribution in [0.25, 0.3) is 0 Å². The highest BCUT2D eigenvalue weighted by atomic mass is 14.7. The van der Waals surface area contributed by atoms with E-state index in [0.29, 0.717) is 12.1 Å². The van der Waals surface area contributed by atoms with Crippen molar-refractivity contribution >= 4 is 0 Å². The molecule has 4 N–H and O–H groups in total. The Kier molecular flexibility index (Phi) is 2.49. The fourth-order valence-electron chi connectivity index (χ4n) is 1.36. The molecular formula is C7H16N2. The zero-order valence-corrected chi connectivity index (χ0v) is 5.84. The van der Waals surface area contributed by atoms with Crippen LogP contribution in [0.2, 0.25) is 0 Å². The quantitative estimate of drug-likeness (QED) is 0.469. The van der Waals surface area contributed by atoms with Crippen molar-refractivity contribution in [2.45, 2.75) is 44.2 Å². The molecule has 0 aliphatic heterocycles. The van der Waals surface area contributed by atoms with Crippen LogP contribution in [-0.2, 0) is 0 Å². The molecule has 0 aromatic heterocycles. The van der Waals surface area contributed by atoms with Gasteiger partial charge in [-0.15, -0.1) is 0 Å². The molecule has 2 atom stereocenters. The molecule has 0 aromatic rings. The smallest absolute Gasteiger partial charge is 0.00394 e. The van der Waals surface area contributed by atoms with Crippen LogP contribution in [0, 0.1) is 0 Å². The maximum atomic E-state index is 5.74. The van der Waals surface area contributed by atoms with E-state index in [2.05, 4.69) is 0 Å². The van der Waals surface area contributed by atoms with E-state index in [9.17, 15) is 0 Å². The van der Waals surface area contributed by atoms with Gasteiger partial charge in [0.2, 0.25) is 0 Å². The molecule has 0 aromatic carbocycles. The average molecular weight is 128 g/mol. The average Bonchev–Trinajstić information content (AvgIpc) is 1.97. The highest BCUT2D eigenvalue weighted by Crippen LogP contribution is 2.14. The predicted octanol–water partition coefficient (Wildman–Crippen LogP) is 0.605. The molecule has 1 aliphatic rings. The minimum atomic E-state index is 0.429. The van der Waals surface area contributed by atoms with E-state index in [1.165, 1.54) is 19.3 Å². The Morgan fingerprint density at radius 3 is 1.67 bits per heavy atom. The summed E-state index contributed by atoms with van der Waals surface area (Å²) in [4.78, 5) is 0. The normalized spacial score (nSPS) is 38.0. The first-order chi connectivity index (χ1) is 4.29. The van der Waals surface area contributed by atoms with E-state index in [4.69, 9.17) is 11.5 Å². The Morgan fingerprint density at radius 2 is 1.22 bits per heavy atom. The van der Waals surface area contributed by atoms with Gasteiger partial charge in [-0.2, -0.15) is 0 Å². The molecule has 2 heteroatoms. The lowest BCUT2D eigenvalue weighted by atomic mass is 10.1. The summed E-state index contributed by atoms with van der Waals surface area (Å²) in [6, 6.07) is 0.858. The van der Waals surface area contributed by atoms with Gasteiger partial charge in [0, 0.05) is 12.1 Å². The Hall–Kier alpha value is -0.0800. The van der Waals surface area contributed by atoms with Crippen LogP contribution >= 0.6 is 0 Å². The molecule has 1 unspecified atom stereocenters. The van der Waals surface area contributed by atoms with Crippen LogP contribution in [0.15, 0.2) is 0 Å². The largest absolute Gasteiger partial charge is 0.328 e. The van der Waals surface area contributed by atoms with Gasteiger partial charge in [-0.25, -0.2) is 0 Å². The van der Waals surface area contributed by atoms with Crippen LogP contribution in [0.4, 0.5) is 0 Å². The van der Waals surface area contributed by atoms with Crippen molar-refractivity contribution < 1.29 is 0 Å². The van der Waals surface area contributed by atoms with Crippen LogP contribution in [-0.4, -0.2) is 12.1 Å². The van der Waals surface area contributed by atoms with Crippen molar-refractivity contribution in [2.75, 3.05) is 0 Å². The second kappa shape index (κ2) is 3.18. The van der Waals surface area contributed by atoms with E-state index in [1.54, 1.807) is 0 Å². The summed E-state index contributed by atoms with van der Waals surface area (Å²) in [6.45, 7) is 0. The summed E-state index contributed by atoms with van der Waals surface area (Å²) >= 11 is 0. The van der Waals surface area contributed by atoms with E-state index in [1.807, 2.05) is 0 Å². The Labute approximate surface area is 56.6 Å². The summed E-state index contributed by atoms with van der Waals surface area (Å²) in [5.74, 6) is 0. The van der Waals surface area contributed by atoms with Crippen molar-refractivity contribution in [3.8, 4) is 0 Å². The molecule has 1 fully saturated rings. The summed E-state index contributed by atoms with van der Waals surface area (Å²) in [7, 11) is 0. The molecular weight excluding hydrogens is 112 g/mol. The van der Waals surface area contributed by atoms with Crippen LogP contribution in [0.5, 0.6) is 0 Å². The van der Waals surface area contributed by atoms with Gasteiger partial charge >= 0.3 is 0 Å². The van der Waals surface area contributed by atoms with Gasteiger partial charge in [0.05, 0.1) is 0 Å². The third-order valence-corrected chi connectivity index (χ3v) is 2.06. The summed E-state index contributed by atoms with van der Waals surface area (Å²) in [6.07, 6.45) is 5.83. The second-order valence-corrected chi connectivity index (χ2v) is 3.03. The number of nitrogens with two attached hydrogens (primary N) is 2. The zero-order valence-electron chi connectivity index (χ0n) is 5.84. The van der Waals surface area contributed by atoms with Gasteiger partial charge in [-0.05, 0) is 25.7 Å². The first kappa shape index (κ1) is 7.03. The lowest BCUT2D eigenvalue weighted by Gasteiger charge is -2.05. The molecule has 9 heavy (non-hydrogen) atoms. The fraction of sp³-hybridized carbons (Fsp3) is 1.00. The lowest BCUT2D eigenvalue weighted by Crippen LogP contribution is -2.21. The molecule has 0 amide bonds. The van der Waals surface area contributed by atoms with E-state index in [0.717, 1.165) is 12.8 Å². The summed E-state index contributed by atoms with van der Waals surface area (Å²) in [5, 5.41) is 0. The molecule has 0 spiro atoms. The molecule has 54 valence electrons. The highest BCUT2D eigenvalue weighted by molar-refractivity contribution is 4.73. The Bertz CT molecular complexity index is 73.0. The van der Waals surface area contributed by atoms with Crippen molar-refractivity contribution in [3.63, 3.8) is 0 Å². The topological polar surface area (TPSA) is 52.0 Å². The van der Waals surface area contributed by atoms with Crippen molar-refractivity contribution in [1.29, 1.82) is 0 Å². The first-order valence-corrected chi connectivity index (χ1v) is 3.80. The van der Waals surface area contributed by atoms with Crippen molar-refractivity contribution in [2.24, 2.45) is 11.5 Å². The lowest BCUT2D eigenvalue weighted by molar-refractivity contribution is 0.564. The molecule has 0 heterocycles. The first-order valence-electron chi connectivity index (χ1n) is 3.80. The maximum absolute atomic E-state index is 5.74. The number of hydrogen-bond acceptors (Lipinski definition) is 2. The molecule has 2 nitrogen and oxygen atoms in total. The second-order valence-electron chi connectivity index (χ2n) is 3.03. The summed E-state index contributed by atoms with van der Waals surface area (Å²) < 4.78 is 0. The van der Waals surface area contributed by atoms with Gasteiger partial charge in [-0.1, -0.05) is 6.42 Å². The standard InChI is InChI=1S/C7H16N2/c8-6-2-1-3-7(9)5-4-6/h6-7H,1-5,8-9H2/t6-,7?/m0/s1. The molecule has 0 saturated heterocycles. The van der Waals surface area contributed by atoms with Gasteiger partial charge < -0.3 is 11.5 Å². The van der Waals surface area contributed by atoms with E-state index >= 15 is 0 Å². The van der Waals surface area contributed by atoms with Crippen molar-refractivity contribution in [1.82, 2.24) is 0 Å². The summed E-state index contributed by atoms with van der Waals surface area (Å²) in [5.41, 5.74) is 11.5. The molecule has 1 rings (SSSR count). The van der Waals surface area contributed by atoms with E-state index < -0.39 is 0 Å². The van der Waals surface area contributed by atoms with Crippen molar-refractivity contribution in [3.05, 3.63) is 0 Å². The molecule has 0 bridgehead atoms. The van der Waals surface area contributed by atoms with Gasteiger partial charge in [0.15, 0.2) is 0 Å². The van der Waals surface area contributed by atoms with Gasteiger partial charge in [-0.3, -0.25) is 0 Å². The highest BCUT2D eigenvalue weighted by Gasteiger charge is 2.11. The van der Waals surface area contributed by atoms with Crippen LogP contribution < -0.4 is 11.5 Å². The maximum Gasteiger partial charge on any atom is 0.00394 e. The van der Waals surface area contributed by atoms with Gasteiger partial charge in [0.1, 0.15) is 0 Å². The number of hydrogen-bond donors (Lipinski definition) is 2. The molecule has 1 saturated carbocycles. The predicted molar refractivity (Wildman–Crippen MR) is 39.0 cm³/mol.